The standard InChI is InChI=1S/C13H26O2/c1-2-3-4-5-6-7-10-14-11-8-9-13-12-15-13/h13H,2-12H2,1H3. The molecule has 2 heteroatoms. The second kappa shape index (κ2) is 9.17. The molecule has 0 spiro atoms. The van der Waals surface area contributed by atoms with E-state index in [1.807, 2.05) is 0 Å². The molecule has 0 radical (unpaired) electrons. The Bertz CT molecular complexity index is 132. The molecular formula is C13H26O2. The fourth-order valence-corrected chi connectivity index (χ4v) is 1.73. The first-order valence-electron chi connectivity index (χ1n) is 6.63. The molecule has 0 N–H and O–H groups in total. The van der Waals surface area contributed by atoms with Gasteiger partial charge < -0.3 is 9.47 Å². The molecule has 15 heavy (non-hydrogen) atoms. The molecule has 1 saturated heterocycles. The zero-order valence-corrected chi connectivity index (χ0v) is 10.2. The predicted octanol–water partition coefficient (Wildman–Crippen LogP) is 3.54. The molecule has 0 amide bonds. The summed E-state index contributed by atoms with van der Waals surface area (Å²) in [7, 11) is 0. The van der Waals surface area contributed by atoms with Crippen molar-refractivity contribution in [2.75, 3.05) is 19.8 Å². The molecule has 0 aromatic carbocycles. The van der Waals surface area contributed by atoms with Crippen molar-refractivity contribution in [1.29, 1.82) is 0 Å². The largest absolute Gasteiger partial charge is 0.381 e. The summed E-state index contributed by atoms with van der Waals surface area (Å²) in [6.07, 6.45) is 11.0. The summed E-state index contributed by atoms with van der Waals surface area (Å²) in [5.74, 6) is 0. The van der Waals surface area contributed by atoms with E-state index in [4.69, 9.17) is 9.47 Å². The lowest BCUT2D eigenvalue weighted by molar-refractivity contribution is 0.124. The van der Waals surface area contributed by atoms with Crippen molar-refractivity contribution < 1.29 is 9.47 Å². The molecule has 0 saturated carbocycles. The Morgan fingerprint density at radius 3 is 2.40 bits per heavy atom. The lowest BCUT2D eigenvalue weighted by Crippen LogP contribution is -1.98. The van der Waals surface area contributed by atoms with E-state index in [0.29, 0.717) is 6.10 Å². The fraction of sp³-hybridized carbons (Fsp3) is 1.00. The summed E-state index contributed by atoms with van der Waals surface area (Å²) in [6, 6.07) is 0. The van der Waals surface area contributed by atoms with Crippen molar-refractivity contribution in [3.05, 3.63) is 0 Å². The highest BCUT2D eigenvalue weighted by Gasteiger charge is 2.20. The van der Waals surface area contributed by atoms with E-state index >= 15 is 0 Å². The summed E-state index contributed by atoms with van der Waals surface area (Å²) >= 11 is 0. The van der Waals surface area contributed by atoms with Crippen molar-refractivity contribution in [2.24, 2.45) is 0 Å². The highest BCUT2D eigenvalue weighted by molar-refractivity contribution is 4.67. The van der Waals surface area contributed by atoms with Crippen molar-refractivity contribution >= 4 is 0 Å². The first-order valence-corrected chi connectivity index (χ1v) is 6.63. The van der Waals surface area contributed by atoms with Gasteiger partial charge in [0.25, 0.3) is 0 Å². The molecule has 1 unspecified atom stereocenters. The molecule has 90 valence electrons. The zero-order chi connectivity index (χ0) is 10.8. The van der Waals surface area contributed by atoms with Gasteiger partial charge in [0.1, 0.15) is 0 Å². The molecule has 0 aromatic rings. The van der Waals surface area contributed by atoms with E-state index in [0.717, 1.165) is 19.8 Å². The molecule has 1 aliphatic heterocycles. The summed E-state index contributed by atoms with van der Waals surface area (Å²) in [4.78, 5) is 0. The van der Waals surface area contributed by atoms with E-state index in [1.54, 1.807) is 0 Å². The highest BCUT2D eigenvalue weighted by Crippen LogP contribution is 2.15. The van der Waals surface area contributed by atoms with Gasteiger partial charge in [0.05, 0.1) is 12.7 Å². The van der Waals surface area contributed by atoms with Crippen LogP contribution in [0.1, 0.15) is 58.3 Å². The van der Waals surface area contributed by atoms with Crippen LogP contribution in [0, 0.1) is 0 Å². The van der Waals surface area contributed by atoms with Crippen LogP contribution in [0.3, 0.4) is 0 Å². The van der Waals surface area contributed by atoms with Gasteiger partial charge in [0.2, 0.25) is 0 Å². The quantitative estimate of drug-likeness (QED) is 0.387. The van der Waals surface area contributed by atoms with Crippen LogP contribution in [0.5, 0.6) is 0 Å². The number of unbranched alkanes of at least 4 members (excludes halogenated alkanes) is 5. The van der Waals surface area contributed by atoms with Gasteiger partial charge in [-0.2, -0.15) is 0 Å². The average Bonchev–Trinajstić information content (AvgIpc) is 3.05. The highest BCUT2D eigenvalue weighted by atomic mass is 16.6. The van der Waals surface area contributed by atoms with Crippen LogP contribution in [-0.2, 0) is 9.47 Å². The van der Waals surface area contributed by atoms with E-state index in [2.05, 4.69) is 6.92 Å². The smallest absolute Gasteiger partial charge is 0.0810 e. The number of epoxide rings is 1. The first-order chi connectivity index (χ1) is 7.43. The maximum absolute atomic E-state index is 5.56. The van der Waals surface area contributed by atoms with Crippen LogP contribution in [0.15, 0.2) is 0 Å². The van der Waals surface area contributed by atoms with Gasteiger partial charge in [0.15, 0.2) is 0 Å². The zero-order valence-electron chi connectivity index (χ0n) is 10.2. The van der Waals surface area contributed by atoms with Gasteiger partial charge in [-0.25, -0.2) is 0 Å². The minimum atomic E-state index is 0.572. The monoisotopic (exact) mass is 214 g/mol. The Labute approximate surface area is 94.3 Å². The molecule has 0 aromatic heterocycles. The number of hydrogen-bond donors (Lipinski definition) is 0. The van der Waals surface area contributed by atoms with Crippen molar-refractivity contribution in [3.63, 3.8) is 0 Å². The minimum absolute atomic E-state index is 0.572. The lowest BCUT2D eigenvalue weighted by atomic mass is 10.1. The van der Waals surface area contributed by atoms with Crippen LogP contribution in [0.4, 0.5) is 0 Å². The minimum Gasteiger partial charge on any atom is -0.381 e. The Morgan fingerprint density at radius 2 is 1.67 bits per heavy atom. The van der Waals surface area contributed by atoms with Crippen LogP contribution >= 0.6 is 0 Å². The molecule has 2 nitrogen and oxygen atoms in total. The summed E-state index contributed by atoms with van der Waals surface area (Å²) < 4.78 is 10.7. The van der Waals surface area contributed by atoms with Gasteiger partial charge in [-0.1, -0.05) is 39.0 Å². The van der Waals surface area contributed by atoms with Gasteiger partial charge in [-0.3, -0.25) is 0 Å². The maximum Gasteiger partial charge on any atom is 0.0810 e. The molecule has 1 fully saturated rings. The summed E-state index contributed by atoms with van der Waals surface area (Å²) in [5.41, 5.74) is 0. The molecule has 0 bridgehead atoms. The Morgan fingerprint density at radius 1 is 1.00 bits per heavy atom. The third kappa shape index (κ3) is 8.88. The molecular weight excluding hydrogens is 188 g/mol. The third-order valence-electron chi connectivity index (χ3n) is 2.86. The van der Waals surface area contributed by atoms with E-state index in [1.165, 1.54) is 51.4 Å². The van der Waals surface area contributed by atoms with E-state index < -0.39 is 0 Å². The van der Waals surface area contributed by atoms with E-state index in [-0.39, 0.29) is 0 Å². The average molecular weight is 214 g/mol. The number of hydrogen-bond acceptors (Lipinski definition) is 2. The molecule has 1 heterocycles. The second-order valence-corrected chi connectivity index (χ2v) is 4.48. The molecule has 0 aliphatic carbocycles. The van der Waals surface area contributed by atoms with Crippen LogP contribution in [-0.4, -0.2) is 25.9 Å². The van der Waals surface area contributed by atoms with Gasteiger partial charge in [-0.05, 0) is 19.3 Å². The van der Waals surface area contributed by atoms with Crippen LogP contribution < -0.4 is 0 Å². The Kier molecular flexibility index (Phi) is 7.94. The Hall–Kier alpha value is -0.0800. The van der Waals surface area contributed by atoms with Crippen molar-refractivity contribution in [2.45, 2.75) is 64.4 Å². The van der Waals surface area contributed by atoms with Gasteiger partial charge in [-0.15, -0.1) is 0 Å². The lowest BCUT2D eigenvalue weighted by Gasteiger charge is -2.03. The number of rotatable bonds is 11. The predicted molar refractivity (Wildman–Crippen MR) is 63.2 cm³/mol. The normalized spacial score (nSPS) is 19.4. The number of ether oxygens (including phenoxy) is 2. The Balaban J connectivity index is 1.62. The fourth-order valence-electron chi connectivity index (χ4n) is 1.73. The van der Waals surface area contributed by atoms with Crippen molar-refractivity contribution in [1.82, 2.24) is 0 Å². The molecule has 1 atom stereocenters. The third-order valence-corrected chi connectivity index (χ3v) is 2.86. The van der Waals surface area contributed by atoms with Gasteiger partial charge in [0, 0.05) is 13.2 Å². The second-order valence-electron chi connectivity index (χ2n) is 4.48. The SMILES string of the molecule is CCCCCCCCOCCCC1CO1. The van der Waals surface area contributed by atoms with Gasteiger partial charge >= 0.3 is 0 Å². The first kappa shape index (κ1) is 13.0. The summed E-state index contributed by atoms with van der Waals surface area (Å²) in [6.45, 7) is 5.12. The molecule has 1 aliphatic rings. The van der Waals surface area contributed by atoms with E-state index in [9.17, 15) is 0 Å². The maximum atomic E-state index is 5.56. The van der Waals surface area contributed by atoms with Crippen LogP contribution in [0.2, 0.25) is 0 Å². The summed E-state index contributed by atoms with van der Waals surface area (Å²) in [5, 5.41) is 0. The topological polar surface area (TPSA) is 21.8 Å². The molecule has 1 rings (SSSR count). The van der Waals surface area contributed by atoms with Crippen molar-refractivity contribution in [3.8, 4) is 0 Å². The van der Waals surface area contributed by atoms with Crippen LogP contribution in [0.25, 0.3) is 0 Å².